The summed E-state index contributed by atoms with van der Waals surface area (Å²) in [6, 6.07) is 5.07. The molecule has 8 heteroatoms. The highest BCUT2D eigenvalue weighted by atomic mass is 35.5. The molecule has 1 unspecified atom stereocenters. The van der Waals surface area contributed by atoms with Crippen LogP contribution in [0.4, 0.5) is 0 Å². The Hall–Kier alpha value is -0.820. The maximum atomic E-state index is 11.9. The third kappa shape index (κ3) is 5.12. The summed E-state index contributed by atoms with van der Waals surface area (Å²) >= 11 is 11.8. The van der Waals surface area contributed by atoms with Gasteiger partial charge >= 0.3 is 0 Å². The molecule has 0 radical (unpaired) electrons. The number of nitrogens with one attached hydrogen (secondary N) is 1. The molecule has 0 aromatic heterocycles. The van der Waals surface area contributed by atoms with Gasteiger partial charge in [-0.2, -0.15) is 0 Å². The molecular weight excluding hydrogens is 347 g/mol. The zero-order chi connectivity index (χ0) is 16.3. The summed E-state index contributed by atoms with van der Waals surface area (Å²) < 4.78 is 22.7. The molecule has 1 N–H and O–H groups in total. The number of hydrogen-bond donors (Lipinski definition) is 1. The number of rotatable bonds is 5. The maximum absolute atomic E-state index is 11.9. The van der Waals surface area contributed by atoms with Crippen molar-refractivity contribution in [2.24, 2.45) is 0 Å². The first-order valence-electron chi connectivity index (χ1n) is 6.87. The Labute approximate surface area is 140 Å². The molecule has 1 atom stereocenters. The van der Waals surface area contributed by atoms with E-state index in [1.165, 1.54) is 0 Å². The zero-order valence-corrected chi connectivity index (χ0v) is 14.5. The number of sulfone groups is 1. The van der Waals surface area contributed by atoms with Gasteiger partial charge in [0, 0.05) is 12.6 Å². The molecule has 0 spiro atoms. The highest BCUT2D eigenvalue weighted by Gasteiger charge is 2.28. The predicted octanol–water partition coefficient (Wildman–Crippen LogP) is 1.73. The Balaban J connectivity index is 1.82. The van der Waals surface area contributed by atoms with E-state index < -0.39 is 9.84 Å². The monoisotopic (exact) mass is 364 g/mol. The van der Waals surface area contributed by atoms with Gasteiger partial charge < -0.3 is 5.32 Å². The molecule has 1 amide bonds. The van der Waals surface area contributed by atoms with Gasteiger partial charge in [-0.05, 0) is 31.2 Å². The molecule has 2 rings (SSSR count). The van der Waals surface area contributed by atoms with Gasteiger partial charge in [0.05, 0.1) is 28.1 Å². The van der Waals surface area contributed by atoms with E-state index in [4.69, 9.17) is 23.2 Å². The highest BCUT2D eigenvalue weighted by Crippen LogP contribution is 2.23. The van der Waals surface area contributed by atoms with Gasteiger partial charge in [-0.25, -0.2) is 8.42 Å². The molecule has 1 aromatic carbocycles. The molecule has 22 heavy (non-hydrogen) atoms. The highest BCUT2D eigenvalue weighted by molar-refractivity contribution is 7.91. The number of likely N-dealkylation sites (N-methyl/N-ethyl adjacent to an activating group) is 1. The summed E-state index contributed by atoms with van der Waals surface area (Å²) in [6.45, 7) is 0.740. The number of carbonyl (C=O) groups excluding carboxylic acids is 1. The number of nitrogens with zero attached hydrogens (tertiary/aromatic N) is 1. The fourth-order valence-electron chi connectivity index (χ4n) is 2.43. The van der Waals surface area contributed by atoms with Gasteiger partial charge in [0.25, 0.3) is 0 Å². The van der Waals surface area contributed by atoms with Crippen molar-refractivity contribution in [2.45, 2.75) is 19.0 Å². The Bertz CT molecular complexity index is 664. The number of halogens is 2. The summed E-state index contributed by atoms with van der Waals surface area (Å²) in [5, 5.41) is 3.74. The van der Waals surface area contributed by atoms with Crippen LogP contribution in [0.15, 0.2) is 18.2 Å². The van der Waals surface area contributed by atoms with Gasteiger partial charge in [-0.1, -0.05) is 29.3 Å². The van der Waals surface area contributed by atoms with Crippen LogP contribution in [0.2, 0.25) is 10.0 Å². The SMILES string of the molecule is CN(CC(=O)NC1CCS(=O)(=O)C1)Cc1ccc(Cl)c(Cl)c1. The van der Waals surface area contributed by atoms with Gasteiger partial charge in [-0.15, -0.1) is 0 Å². The van der Waals surface area contributed by atoms with Crippen molar-refractivity contribution in [3.8, 4) is 0 Å². The van der Waals surface area contributed by atoms with E-state index in [2.05, 4.69) is 5.32 Å². The number of amides is 1. The fourth-order valence-corrected chi connectivity index (χ4v) is 4.43. The fraction of sp³-hybridized carbons (Fsp3) is 0.500. The first-order chi connectivity index (χ1) is 10.2. The normalized spacial score (nSPS) is 20.3. The molecule has 1 saturated heterocycles. The van der Waals surface area contributed by atoms with E-state index in [1.54, 1.807) is 12.1 Å². The van der Waals surface area contributed by atoms with Crippen molar-refractivity contribution < 1.29 is 13.2 Å². The van der Waals surface area contributed by atoms with Crippen molar-refractivity contribution >= 4 is 38.9 Å². The molecule has 1 aliphatic heterocycles. The second-order valence-corrected chi connectivity index (χ2v) is 8.63. The Morgan fingerprint density at radius 3 is 2.68 bits per heavy atom. The Morgan fingerprint density at radius 2 is 2.09 bits per heavy atom. The van der Waals surface area contributed by atoms with Crippen LogP contribution in [0, 0.1) is 0 Å². The van der Waals surface area contributed by atoms with Crippen molar-refractivity contribution in [1.82, 2.24) is 10.2 Å². The summed E-state index contributed by atoms with van der Waals surface area (Å²) in [4.78, 5) is 13.8. The van der Waals surface area contributed by atoms with Crippen LogP contribution in [-0.2, 0) is 21.2 Å². The number of hydrogen-bond acceptors (Lipinski definition) is 4. The van der Waals surface area contributed by atoms with E-state index in [1.807, 2.05) is 18.0 Å². The average Bonchev–Trinajstić information content (AvgIpc) is 2.72. The first kappa shape index (κ1) is 17.5. The lowest BCUT2D eigenvalue weighted by Crippen LogP contribution is -2.41. The van der Waals surface area contributed by atoms with Gasteiger partial charge in [-0.3, -0.25) is 9.69 Å². The van der Waals surface area contributed by atoms with Crippen LogP contribution in [0.3, 0.4) is 0 Å². The predicted molar refractivity (Wildman–Crippen MR) is 88.0 cm³/mol. The van der Waals surface area contributed by atoms with Crippen molar-refractivity contribution in [2.75, 3.05) is 25.1 Å². The zero-order valence-electron chi connectivity index (χ0n) is 12.2. The van der Waals surface area contributed by atoms with Crippen molar-refractivity contribution in [1.29, 1.82) is 0 Å². The lowest BCUT2D eigenvalue weighted by molar-refractivity contribution is -0.122. The molecule has 1 fully saturated rings. The van der Waals surface area contributed by atoms with E-state index in [0.29, 0.717) is 23.0 Å². The quantitative estimate of drug-likeness (QED) is 0.863. The number of carbonyl (C=O) groups is 1. The minimum absolute atomic E-state index is 0.0370. The maximum Gasteiger partial charge on any atom is 0.234 e. The minimum Gasteiger partial charge on any atom is -0.351 e. The lowest BCUT2D eigenvalue weighted by atomic mass is 10.2. The topological polar surface area (TPSA) is 66.5 Å². The molecule has 122 valence electrons. The third-order valence-corrected chi connectivity index (χ3v) is 5.95. The van der Waals surface area contributed by atoms with Gasteiger partial charge in [0.15, 0.2) is 9.84 Å². The van der Waals surface area contributed by atoms with Crippen LogP contribution in [0.25, 0.3) is 0 Å². The molecule has 5 nitrogen and oxygen atoms in total. The van der Waals surface area contributed by atoms with Crippen LogP contribution < -0.4 is 5.32 Å². The molecular formula is C14H18Cl2N2O3S. The second kappa shape index (κ2) is 7.17. The van der Waals surface area contributed by atoms with E-state index >= 15 is 0 Å². The number of benzene rings is 1. The molecule has 1 heterocycles. The summed E-state index contributed by atoms with van der Waals surface area (Å²) in [6.07, 6.45) is 0.491. The summed E-state index contributed by atoms with van der Waals surface area (Å²) in [7, 11) is -1.17. The van der Waals surface area contributed by atoms with E-state index in [0.717, 1.165) is 5.56 Å². The smallest absolute Gasteiger partial charge is 0.234 e. The molecule has 0 bridgehead atoms. The first-order valence-corrected chi connectivity index (χ1v) is 9.45. The van der Waals surface area contributed by atoms with Crippen molar-refractivity contribution in [3.63, 3.8) is 0 Å². The van der Waals surface area contributed by atoms with Crippen LogP contribution in [0.1, 0.15) is 12.0 Å². The Morgan fingerprint density at radius 1 is 1.36 bits per heavy atom. The second-order valence-electron chi connectivity index (χ2n) is 5.59. The van der Waals surface area contributed by atoms with Gasteiger partial charge in [0.2, 0.25) is 5.91 Å². The summed E-state index contributed by atoms with van der Waals surface area (Å²) in [5.74, 6) is 0.0106. The van der Waals surface area contributed by atoms with Crippen LogP contribution in [0.5, 0.6) is 0 Å². The lowest BCUT2D eigenvalue weighted by Gasteiger charge is -2.18. The van der Waals surface area contributed by atoms with Crippen LogP contribution >= 0.6 is 23.2 Å². The van der Waals surface area contributed by atoms with E-state index in [9.17, 15) is 13.2 Å². The minimum atomic E-state index is -2.98. The molecule has 1 aromatic rings. The van der Waals surface area contributed by atoms with E-state index in [-0.39, 0.29) is 30.0 Å². The third-order valence-electron chi connectivity index (χ3n) is 3.45. The van der Waals surface area contributed by atoms with Crippen LogP contribution in [-0.4, -0.2) is 50.4 Å². The van der Waals surface area contributed by atoms with Crippen molar-refractivity contribution in [3.05, 3.63) is 33.8 Å². The average molecular weight is 365 g/mol. The largest absolute Gasteiger partial charge is 0.351 e. The molecule has 0 aliphatic carbocycles. The van der Waals surface area contributed by atoms with Gasteiger partial charge in [0.1, 0.15) is 0 Å². The molecule has 0 saturated carbocycles. The standard InChI is InChI=1S/C14H18Cl2N2O3S/c1-18(7-10-2-3-12(15)13(16)6-10)8-14(19)17-11-4-5-22(20,21)9-11/h2-3,6,11H,4-5,7-9H2,1H3,(H,17,19). The molecule has 1 aliphatic rings. The Kier molecular flexibility index (Phi) is 5.71. The summed E-state index contributed by atoms with van der Waals surface area (Å²) in [5.41, 5.74) is 0.952.